The molecule has 1 fully saturated rings. The lowest BCUT2D eigenvalue weighted by Gasteiger charge is -2.17. The number of hydrogen-bond donors (Lipinski definition) is 0. The Morgan fingerprint density at radius 3 is 2.60 bits per heavy atom. The van der Waals surface area contributed by atoms with Crippen LogP contribution in [0.15, 0.2) is 23.2 Å². The highest BCUT2D eigenvalue weighted by atomic mass is 32.1. The Hall–Kier alpha value is -1.75. The average Bonchev–Trinajstić information content (AvgIpc) is 3.28. The van der Waals surface area contributed by atoms with E-state index in [4.69, 9.17) is 0 Å². The van der Waals surface area contributed by atoms with Gasteiger partial charge in [0.1, 0.15) is 5.82 Å². The van der Waals surface area contributed by atoms with E-state index in [0.29, 0.717) is 10.7 Å². The van der Waals surface area contributed by atoms with Crippen LogP contribution in [0.5, 0.6) is 0 Å². The van der Waals surface area contributed by atoms with E-state index in [1.165, 1.54) is 29.5 Å². The lowest BCUT2D eigenvalue weighted by molar-refractivity contribution is 0.0993. The monoisotopic (exact) mass is 360 g/mol. The van der Waals surface area contributed by atoms with Crippen LogP contribution in [0.25, 0.3) is 0 Å². The maximum absolute atomic E-state index is 14.0. The molecule has 0 N–H and O–H groups in total. The number of thiazole rings is 1. The molecule has 0 aliphatic heterocycles. The van der Waals surface area contributed by atoms with Crippen LogP contribution < -0.4 is 4.80 Å². The standard InChI is InChI=1S/C20H25FN2OS/c1-12-6-9-16(21)15(10-12)18(24)22-19-23(11-14-7-8-14)13(2)17(25-19)20(3,4)5/h6,9-10,14H,7-8,11H2,1-5H3/b22-19-. The zero-order valence-electron chi connectivity index (χ0n) is 15.5. The third-order valence-electron chi connectivity index (χ3n) is 4.53. The highest BCUT2D eigenvalue weighted by Crippen LogP contribution is 2.33. The van der Waals surface area contributed by atoms with Crippen molar-refractivity contribution in [2.75, 3.05) is 0 Å². The lowest BCUT2D eigenvalue weighted by atomic mass is 9.93. The molecule has 1 aromatic heterocycles. The number of rotatable bonds is 3. The van der Waals surface area contributed by atoms with E-state index >= 15 is 0 Å². The lowest BCUT2D eigenvalue weighted by Crippen LogP contribution is -2.20. The number of carbonyl (C=O) groups excluding carboxylic acids is 1. The molecule has 1 aromatic carbocycles. The summed E-state index contributed by atoms with van der Waals surface area (Å²) in [4.78, 5) is 18.8. The van der Waals surface area contributed by atoms with Crippen LogP contribution in [0, 0.1) is 25.6 Å². The zero-order valence-corrected chi connectivity index (χ0v) is 16.3. The first kappa shape index (κ1) is 18.1. The molecule has 0 atom stereocenters. The second-order valence-corrected chi connectivity index (χ2v) is 8.98. The average molecular weight is 360 g/mol. The van der Waals surface area contributed by atoms with Crippen molar-refractivity contribution >= 4 is 17.2 Å². The molecule has 0 unspecified atom stereocenters. The maximum Gasteiger partial charge on any atom is 0.282 e. The molecule has 1 saturated carbocycles. The van der Waals surface area contributed by atoms with Crippen molar-refractivity contribution in [1.82, 2.24) is 4.57 Å². The largest absolute Gasteiger partial charge is 0.320 e. The number of benzene rings is 1. The minimum absolute atomic E-state index is 0.00848. The highest BCUT2D eigenvalue weighted by Gasteiger charge is 2.27. The molecule has 0 radical (unpaired) electrons. The summed E-state index contributed by atoms with van der Waals surface area (Å²) in [5.41, 5.74) is 2.05. The Kier molecular flexibility index (Phi) is 4.71. The highest BCUT2D eigenvalue weighted by molar-refractivity contribution is 7.09. The Morgan fingerprint density at radius 1 is 1.32 bits per heavy atom. The van der Waals surface area contributed by atoms with E-state index in [1.807, 2.05) is 6.92 Å². The second-order valence-electron chi connectivity index (χ2n) is 8.00. The predicted molar refractivity (Wildman–Crippen MR) is 99.5 cm³/mol. The van der Waals surface area contributed by atoms with Gasteiger partial charge in [-0.05, 0) is 50.2 Å². The van der Waals surface area contributed by atoms with Gasteiger partial charge in [-0.25, -0.2) is 4.39 Å². The molecular formula is C20H25FN2OS. The molecule has 5 heteroatoms. The fourth-order valence-electron chi connectivity index (χ4n) is 2.99. The maximum atomic E-state index is 14.0. The molecular weight excluding hydrogens is 335 g/mol. The van der Waals surface area contributed by atoms with E-state index in [2.05, 4.69) is 37.3 Å². The Labute approximate surface area is 152 Å². The third kappa shape index (κ3) is 3.92. The van der Waals surface area contributed by atoms with Gasteiger partial charge in [-0.1, -0.05) is 32.4 Å². The number of nitrogens with zero attached hydrogens (tertiary/aromatic N) is 2. The SMILES string of the molecule is Cc1ccc(F)c(C(=O)/N=c2\sc(C(C)(C)C)c(C)n2CC2CC2)c1. The van der Waals surface area contributed by atoms with E-state index in [9.17, 15) is 9.18 Å². The quantitative estimate of drug-likeness (QED) is 0.777. The molecule has 0 spiro atoms. The van der Waals surface area contributed by atoms with Crippen LogP contribution >= 0.6 is 11.3 Å². The summed E-state index contributed by atoms with van der Waals surface area (Å²) < 4.78 is 16.2. The molecule has 2 aromatic rings. The topological polar surface area (TPSA) is 34.4 Å². The van der Waals surface area contributed by atoms with Crippen molar-refractivity contribution in [2.45, 2.75) is 59.4 Å². The van der Waals surface area contributed by atoms with Crippen LogP contribution in [-0.4, -0.2) is 10.5 Å². The van der Waals surface area contributed by atoms with E-state index in [0.717, 1.165) is 12.1 Å². The van der Waals surface area contributed by atoms with Gasteiger partial charge in [0.25, 0.3) is 5.91 Å². The van der Waals surface area contributed by atoms with Gasteiger partial charge in [0.2, 0.25) is 0 Å². The summed E-state index contributed by atoms with van der Waals surface area (Å²) in [6, 6.07) is 4.56. The molecule has 0 saturated heterocycles. The summed E-state index contributed by atoms with van der Waals surface area (Å²) in [5, 5.41) is 0. The summed E-state index contributed by atoms with van der Waals surface area (Å²) in [7, 11) is 0. The number of hydrogen-bond acceptors (Lipinski definition) is 2. The first-order valence-electron chi connectivity index (χ1n) is 8.72. The van der Waals surface area contributed by atoms with Crippen LogP contribution in [0.2, 0.25) is 0 Å². The Bertz CT molecular complexity index is 882. The Balaban J connectivity index is 2.09. The molecule has 1 amide bonds. The van der Waals surface area contributed by atoms with Gasteiger partial charge in [0, 0.05) is 17.1 Å². The fraction of sp³-hybridized carbons (Fsp3) is 0.500. The molecule has 1 aliphatic rings. The first-order valence-corrected chi connectivity index (χ1v) is 9.54. The van der Waals surface area contributed by atoms with Gasteiger partial charge < -0.3 is 4.57 Å². The van der Waals surface area contributed by atoms with Gasteiger partial charge in [0.15, 0.2) is 4.80 Å². The normalized spacial score (nSPS) is 15.7. The summed E-state index contributed by atoms with van der Waals surface area (Å²) in [6.45, 7) is 11.3. The van der Waals surface area contributed by atoms with Crippen molar-refractivity contribution in [3.63, 3.8) is 0 Å². The number of aromatic nitrogens is 1. The van der Waals surface area contributed by atoms with Crippen molar-refractivity contribution < 1.29 is 9.18 Å². The number of halogens is 1. The van der Waals surface area contributed by atoms with Gasteiger partial charge in [0.05, 0.1) is 5.56 Å². The predicted octanol–water partition coefficient (Wildman–Crippen LogP) is 4.75. The van der Waals surface area contributed by atoms with Gasteiger partial charge in [-0.15, -0.1) is 11.3 Å². The molecule has 1 heterocycles. The van der Waals surface area contributed by atoms with Crippen molar-refractivity contribution in [3.8, 4) is 0 Å². The van der Waals surface area contributed by atoms with Crippen LogP contribution in [0.4, 0.5) is 4.39 Å². The number of aryl methyl sites for hydroxylation is 1. The zero-order chi connectivity index (χ0) is 18.4. The number of amides is 1. The van der Waals surface area contributed by atoms with Gasteiger partial charge >= 0.3 is 0 Å². The fourth-order valence-corrected chi connectivity index (χ4v) is 4.19. The molecule has 134 valence electrons. The minimum atomic E-state index is -0.516. The van der Waals surface area contributed by atoms with Crippen LogP contribution in [0.3, 0.4) is 0 Å². The summed E-state index contributed by atoms with van der Waals surface area (Å²) in [6.07, 6.45) is 2.46. The van der Waals surface area contributed by atoms with Crippen molar-refractivity contribution in [3.05, 3.63) is 50.5 Å². The van der Waals surface area contributed by atoms with Gasteiger partial charge in [-0.2, -0.15) is 4.99 Å². The first-order chi connectivity index (χ1) is 11.7. The second kappa shape index (κ2) is 6.52. The van der Waals surface area contributed by atoms with Crippen LogP contribution in [-0.2, 0) is 12.0 Å². The molecule has 1 aliphatic carbocycles. The summed E-state index contributed by atoms with van der Waals surface area (Å²) >= 11 is 1.55. The smallest absolute Gasteiger partial charge is 0.282 e. The summed E-state index contributed by atoms with van der Waals surface area (Å²) in [5.74, 6) is -0.351. The molecule has 3 rings (SSSR count). The van der Waals surface area contributed by atoms with Gasteiger partial charge in [-0.3, -0.25) is 4.79 Å². The minimum Gasteiger partial charge on any atom is -0.320 e. The Morgan fingerprint density at radius 2 is 2.00 bits per heavy atom. The molecule has 3 nitrogen and oxygen atoms in total. The number of carbonyl (C=O) groups is 1. The van der Waals surface area contributed by atoms with E-state index < -0.39 is 11.7 Å². The molecule has 25 heavy (non-hydrogen) atoms. The van der Waals surface area contributed by atoms with E-state index in [-0.39, 0.29) is 11.0 Å². The molecule has 0 bridgehead atoms. The van der Waals surface area contributed by atoms with E-state index in [1.54, 1.807) is 23.5 Å². The van der Waals surface area contributed by atoms with Crippen molar-refractivity contribution in [1.29, 1.82) is 0 Å². The van der Waals surface area contributed by atoms with Crippen LogP contribution in [0.1, 0.15) is 60.1 Å². The van der Waals surface area contributed by atoms with Crippen molar-refractivity contribution in [2.24, 2.45) is 10.9 Å². The third-order valence-corrected chi connectivity index (χ3v) is 6.13.